The van der Waals surface area contributed by atoms with Gasteiger partial charge in [0.15, 0.2) is 11.5 Å². The van der Waals surface area contributed by atoms with Crippen molar-refractivity contribution < 1.29 is 19.0 Å². The molecule has 0 aliphatic rings. The maximum Gasteiger partial charge on any atom is 0.266 e. The van der Waals surface area contributed by atoms with Gasteiger partial charge < -0.3 is 19.5 Å². The molecule has 0 fully saturated rings. The number of aryl methyl sites for hydroxylation is 3. The molecule has 0 aromatic heterocycles. The number of carbonyl (C=O) groups excluding carboxylic acids is 1. The number of anilines is 1. The third kappa shape index (κ3) is 4.26. The highest BCUT2D eigenvalue weighted by atomic mass is 16.5. The van der Waals surface area contributed by atoms with E-state index in [2.05, 4.69) is 5.32 Å². The van der Waals surface area contributed by atoms with Gasteiger partial charge in [0, 0.05) is 11.3 Å². The zero-order valence-corrected chi connectivity index (χ0v) is 17.0. The summed E-state index contributed by atoms with van der Waals surface area (Å²) in [6.45, 7) is 5.83. The average Bonchev–Trinajstić information content (AvgIpc) is 2.67. The van der Waals surface area contributed by atoms with Gasteiger partial charge in [-0.1, -0.05) is 17.7 Å². The Kier molecular flexibility index (Phi) is 6.67. The standard InChI is InChI=1S/C22H24N2O4/c1-13-9-14(2)19(15(3)10-13)24-22(25)17(12-23)11-16-7-8-18(26-4)21(28-6)20(16)27-5/h7-11H,1-6H3,(H,24,25)/b17-11+. The third-order valence-corrected chi connectivity index (χ3v) is 4.32. The van der Waals surface area contributed by atoms with Crippen molar-refractivity contribution >= 4 is 17.7 Å². The van der Waals surface area contributed by atoms with Crippen LogP contribution >= 0.6 is 0 Å². The Morgan fingerprint density at radius 3 is 2.11 bits per heavy atom. The molecule has 0 heterocycles. The van der Waals surface area contributed by atoms with E-state index < -0.39 is 5.91 Å². The van der Waals surface area contributed by atoms with E-state index in [4.69, 9.17) is 14.2 Å². The van der Waals surface area contributed by atoms with E-state index in [-0.39, 0.29) is 5.57 Å². The van der Waals surface area contributed by atoms with E-state index in [1.807, 2.05) is 39.0 Å². The summed E-state index contributed by atoms with van der Waals surface area (Å²) in [7, 11) is 4.50. The van der Waals surface area contributed by atoms with E-state index in [1.165, 1.54) is 27.4 Å². The van der Waals surface area contributed by atoms with E-state index in [9.17, 15) is 10.1 Å². The summed E-state index contributed by atoms with van der Waals surface area (Å²) < 4.78 is 16.0. The molecule has 2 aromatic carbocycles. The van der Waals surface area contributed by atoms with Gasteiger partial charge in [-0.15, -0.1) is 0 Å². The van der Waals surface area contributed by atoms with Crippen molar-refractivity contribution in [3.8, 4) is 23.3 Å². The van der Waals surface area contributed by atoms with Crippen molar-refractivity contribution in [2.24, 2.45) is 0 Å². The molecule has 6 nitrogen and oxygen atoms in total. The zero-order chi connectivity index (χ0) is 20.8. The predicted octanol–water partition coefficient (Wildman–Crippen LogP) is 4.18. The van der Waals surface area contributed by atoms with Crippen LogP contribution in [0.15, 0.2) is 29.8 Å². The molecule has 0 saturated heterocycles. The number of nitrogens with one attached hydrogen (secondary N) is 1. The fraction of sp³-hybridized carbons (Fsp3) is 0.273. The van der Waals surface area contributed by atoms with Gasteiger partial charge in [-0.3, -0.25) is 4.79 Å². The van der Waals surface area contributed by atoms with Crippen LogP contribution in [0, 0.1) is 32.1 Å². The molecule has 0 aliphatic heterocycles. The molecule has 1 N–H and O–H groups in total. The first-order valence-corrected chi connectivity index (χ1v) is 8.66. The maximum atomic E-state index is 12.7. The van der Waals surface area contributed by atoms with Crippen LogP contribution in [0.2, 0.25) is 0 Å². The molecule has 6 heteroatoms. The van der Waals surface area contributed by atoms with Crippen molar-refractivity contribution in [2.75, 3.05) is 26.6 Å². The SMILES string of the molecule is COc1ccc(/C=C(\C#N)C(=O)Nc2c(C)cc(C)cc2C)c(OC)c1OC. The lowest BCUT2D eigenvalue weighted by atomic mass is 10.0. The van der Waals surface area contributed by atoms with Crippen LogP contribution in [0.4, 0.5) is 5.69 Å². The van der Waals surface area contributed by atoms with Crippen molar-refractivity contribution in [3.63, 3.8) is 0 Å². The molecule has 2 rings (SSSR count). The maximum absolute atomic E-state index is 12.7. The summed E-state index contributed by atoms with van der Waals surface area (Å²) in [6.07, 6.45) is 1.47. The summed E-state index contributed by atoms with van der Waals surface area (Å²) in [4.78, 5) is 12.7. The first-order chi connectivity index (χ1) is 13.4. The summed E-state index contributed by atoms with van der Waals surface area (Å²) in [5.74, 6) is 0.770. The van der Waals surface area contributed by atoms with Gasteiger partial charge in [-0.25, -0.2) is 0 Å². The number of hydrogen-bond acceptors (Lipinski definition) is 5. The second-order valence-corrected chi connectivity index (χ2v) is 6.32. The number of benzene rings is 2. The number of ether oxygens (including phenoxy) is 3. The number of hydrogen-bond donors (Lipinski definition) is 1. The Morgan fingerprint density at radius 1 is 1.00 bits per heavy atom. The molecule has 0 atom stereocenters. The van der Waals surface area contributed by atoms with Crippen LogP contribution < -0.4 is 19.5 Å². The van der Waals surface area contributed by atoms with Crippen LogP contribution in [0.25, 0.3) is 6.08 Å². The minimum Gasteiger partial charge on any atom is -0.493 e. The number of rotatable bonds is 6. The lowest BCUT2D eigenvalue weighted by molar-refractivity contribution is -0.112. The molecule has 1 amide bonds. The van der Waals surface area contributed by atoms with Crippen molar-refractivity contribution in [1.82, 2.24) is 0 Å². The molecule has 28 heavy (non-hydrogen) atoms. The Morgan fingerprint density at radius 2 is 1.61 bits per heavy atom. The zero-order valence-electron chi connectivity index (χ0n) is 17.0. The average molecular weight is 380 g/mol. The van der Waals surface area contributed by atoms with Gasteiger partial charge in [0.05, 0.1) is 21.3 Å². The Bertz CT molecular complexity index is 948. The first-order valence-electron chi connectivity index (χ1n) is 8.66. The topological polar surface area (TPSA) is 80.6 Å². The number of methoxy groups -OCH3 is 3. The van der Waals surface area contributed by atoms with Crippen molar-refractivity contribution in [1.29, 1.82) is 5.26 Å². The third-order valence-electron chi connectivity index (χ3n) is 4.32. The molecular weight excluding hydrogens is 356 g/mol. The quantitative estimate of drug-likeness (QED) is 0.600. The van der Waals surface area contributed by atoms with E-state index in [0.29, 0.717) is 28.5 Å². The summed E-state index contributed by atoms with van der Waals surface area (Å²) in [6, 6.07) is 9.31. The Labute approximate surface area is 165 Å². The van der Waals surface area contributed by atoms with Gasteiger partial charge in [-0.2, -0.15) is 5.26 Å². The number of nitriles is 1. The fourth-order valence-corrected chi connectivity index (χ4v) is 3.10. The van der Waals surface area contributed by atoms with E-state index in [0.717, 1.165) is 16.7 Å². The molecule has 0 radical (unpaired) electrons. The second kappa shape index (κ2) is 8.96. The highest BCUT2D eigenvalue weighted by Crippen LogP contribution is 2.40. The molecule has 0 unspecified atom stereocenters. The molecule has 0 spiro atoms. The molecule has 0 bridgehead atoms. The largest absolute Gasteiger partial charge is 0.493 e. The second-order valence-electron chi connectivity index (χ2n) is 6.32. The minimum absolute atomic E-state index is 0.0510. The molecule has 0 saturated carbocycles. The Hall–Kier alpha value is -3.46. The monoisotopic (exact) mass is 380 g/mol. The number of carbonyl (C=O) groups is 1. The minimum atomic E-state index is -0.491. The van der Waals surface area contributed by atoms with Crippen molar-refractivity contribution in [2.45, 2.75) is 20.8 Å². The Balaban J connectivity index is 2.45. The van der Waals surface area contributed by atoms with E-state index in [1.54, 1.807) is 12.1 Å². The fourth-order valence-electron chi connectivity index (χ4n) is 3.10. The summed E-state index contributed by atoms with van der Waals surface area (Å²) in [5, 5.41) is 12.4. The van der Waals surface area contributed by atoms with Gasteiger partial charge in [-0.05, 0) is 50.1 Å². The van der Waals surface area contributed by atoms with Gasteiger partial charge in [0.1, 0.15) is 11.6 Å². The predicted molar refractivity (Wildman–Crippen MR) is 109 cm³/mol. The van der Waals surface area contributed by atoms with Gasteiger partial charge in [0.2, 0.25) is 5.75 Å². The van der Waals surface area contributed by atoms with Crippen LogP contribution in [-0.2, 0) is 4.79 Å². The smallest absolute Gasteiger partial charge is 0.266 e. The summed E-state index contributed by atoms with van der Waals surface area (Å²) >= 11 is 0. The molecule has 0 aliphatic carbocycles. The van der Waals surface area contributed by atoms with Crippen LogP contribution in [0.5, 0.6) is 17.2 Å². The molecule has 146 valence electrons. The highest BCUT2D eigenvalue weighted by molar-refractivity contribution is 6.10. The summed E-state index contributed by atoms with van der Waals surface area (Å²) in [5.41, 5.74) is 4.17. The van der Waals surface area contributed by atoms with Gasteiger partial charge in [0.25, 0.3) is 5.91 Å². The van der Waals surface area contributed by atoms with Crippen LogP contribution in [0.3, 0.4) is 0 Å². The highest BCUT2D eigenvalue weighted by Gasteiger charge is 2.18. The normalized spacial score (nSPS) is 10.8. The van der Waals surface area contributed by atoms with E-state index >= 15 is 0 Å². The molecular formula is C22H24N2O4. The lowest BCUT2D eigenvalue weighted by Crippen LogP contribution is -2.15. The van der Waals surface area contributed by atoms with Crippen LogP contribution in [-0.4, -0.2) is 27.2 Å². The van der Waals surface area contributed by atoms with Crippen molar-refractivity contribution in [3.05, 3.63) is 52.1 Å². The number of nitrogens with zero attached hydrogens (tertiary/aromatic N) is 1. The van der Waals surface area contributed by atoms with Crippen LogP contribution in [0.1, 0.15) is 22.3 Å². The molecule has 2 aromatic rings. The van der Waals surface area contributed by atoms with Gasteiger partial charge >= 0.3 is 0 Å². The first kappa shape index (κ1) is 20.8. The lowest BCUT2D eigenvalue weighted by Gasteiger charge is -2.15. The number of amides is 1.